The number of amides is 1. The number of nitrogens with zero attached hydrogens (tertiary/aromatic N) is 6. The lowest BCUT2D eigenvalue weighted by atomic mass is 9.62. The second-order valence-electron chi connectivity index (χ2n) is 14.0. The number of aryl methyl sites for hydroxylation is 1. The third-order valence-corrected chi connectivity index (χ3v) is 11.1. The van der Waals surface area contributed by atoms with Crippen LogP contribution in [-0.4, -0.2) is 117 Å². The van der Waals surface area contributed by atoms with E-state index in [2.05, 4.69) is 31.9 Å². The minimum atomic E-state index is -1.53. The zero-order chi connectivity index (χ0) is 35.4. The molecule has 0 aromatic carbocycles. The van der Waals surface area contributed by atoms with Gasteiger partial charge in [-0.3, -0.25) is 18.8 Å². The molecule has 1 unspecified atom stereocenters. The van der Waals surface area contributed by atoms with Gasteiger partial charge in [-0.2, -0.15) is 9.36 Å². The van der Waals surface area contributed by atoms with Crippen LogP contribution in [0.3, 0.4) is 0 Å². The fourth-order valence-electron chi connectivity index (χ4n) is 7.31. The third-order valence-electron chi connectivity index (χ3n) is 10.5. The van der Waals surface area contributed by atoms with E-state index in [4.69, 9.17) is 19.9 Å². The Morgan fingerprint density at radius 1 is 1.21 bits per heavy atom. The summed E-state index contributed by atoms with van der Waals surface area (Å²) >= 11 is 1.09. The van der Waals surface area contributed by atoms with Crippen LogP contribution >= 0.6 is 11.5 Å². The van der Waals surface area contributed by atoms with E-state index >= 15 is 0 Å². The van der Waals surface area contributed by atoms with E-state index in [9.17, 15) is 19.1 Å². The van der Waals surface area contributed by atoms with Crippen molar-refractivity contribution in [2.75, 3.05) is 32.6 Å². The molecule has 0 aliphatic carbocycles. The molecule has 14 nitrogen and oxygen atoms in total. The molecule has 2 fully saturated rings. The van der Waals surface area contributed by atoms with Crippen molar-refractivity contribution < 1.29 is 33.3 Å². The molecule has 1 amide bonds. The fraction of sp³-hybridized carbons (Fsp3) is 0.806. The quantitative estimate of drug-likeness (QED) is 0.258. The Hall–Kier alpha value is -2.73. The summed E-state index contributed by atoms with van der Waals surface area (Å²) in [7, 11) is 3.66. The molecular formula is C31H52BFN8O6S. The van der Waals surface area contributed by atoms with Crippen molar-refractivity contribution in [2.45, 2.75) is 115 Å². The molecule has 4 rings (SSSR count). The van der Waals surface area contributed by atoms with Crippen LogP contribution in [0.2, 0.25) is 5.82 Å². The maximum absolute atomic E-state index is 14.1. The standard InChI is InChI=1S/C31H52BFN8O6S/c1-17-14-30(5,45-7)24(32)18(2)23(42)19(3)27(43)46-22(10-11-33)31(6)25(20(4)35-15-17)41(29(44)47-31)13-9-8-12-40-16-21(37-39-40)26-36-28(34)48-38-26/h16-20,22,24-25,27,35,43H,8-15,32H2,1-7H3,(H2,34,36,38)/t17-,18+,19-,20-,22-,24-,25-,27?,30-,31-/m1/s1. The highest BCUT2D eigenvalue weighted by Gasteiger charge is 2.58. The van der Waals surface area contributed by atoms with Gasteiger partial charge in [0.05, 0.1) is 30.4 Å². The van der Waals surface area contributed by atoms with Gasteiger partial charge in [0.2, 0.25) is 0 Å². The molecule has 2 aromatic rings. The number of ketones is 1. The Labute approximate surface area is 287 Å². The molecule has 4 heterocycles. The number of nitrogens with two attached hydrogens (primary N) is 1. The second-order valence-corrected chi connectivity index (χ2v) is 14.8. The number of aliphatic hydroxyl groups is 1. The van der Waals surface area contributed by atoms with E-state index in [1.165, 1.54) is 0 Å². The number of nitrogens with one attached hydrogen (secondary N) is 1. The number of nitrogen functional groups attached to an aromatic ring is 1. The Morgan fingerprint density at radius 2 is 1.92 bits per heavy atom. The first-order valence-electron chi connectivity index (χ1n) is 16.9. The molecule has 17 heteroatoms. The summed E-state index contributed by atoms with van der Waals surface area (Å²) in [6.07, 6.45) is 0.510. The number of unbranched alkanes of at least 4 members (excludes halogenated alkanes) is 1. The lowest BCUT2D eigenvalue weighted by molar-refractivity contribution is -0.211. The van der Waals surface area contributed by atoms with Gasteiger partial charge in [-0.15, -0.1) is 5.10 Å². The maximum Gasteiger partial charge on any atom is 0.410 e. The average molecular weight is 695 g/mol. The first kappa shape index (κ1) is 38.1. The molecule has 0 radical (unpaired) electrons. The van der Waals surface area contributed by atoms with Crippen molar-refractivity contribution in [3.8, 4) is 11.5 Å². The number of ether oxygens (including phenoxy) is 3. The van der Waals surface area contributed by atoms with Crippen LogP contribution in [0.5, 0.6) is 0 Å². The number of anilines is 1. The van der Waals surface area contributed by atoms with Crippen LogP contribution < -0.4 is 11.1 Å². The summed E-state index contributed by atoms with van der Waals surface area (Å²) in [6.45, 7) is 12.1. The average Bonchev–Trinajstić information content (AvgIpc) is 3.77. The Morgan fingerprint density at radius 3 is 2.56 bits per heavy atom. The number of carbonyl (C=O) groups is 2. The molecule has 2 aliphatic heterocycles. The maximum atomic E-state index is 14.1. The molecule has 0 spiro atoms. The Balaban J connectivity index is 1.56. The zero-order valence-corrected chi connectivity index (χ0v) is 30.2. The summed E-state index contributed by atoms with van der Waals surface area (Å²) < 4.78 is 38.2. The van der Waals surface area contributed by atoms with E-state index in [0.29, 0.717) is 55.5 Å². The highest BCUT2D eigenvalue weighted by molar-refractivity contribution is 7.09. The number of aliphatic hydroxyl groups excluding tert-OH is 1. The number of hydrogen-bond acceptors (Lipinski definition) is 13. The van der Waals surface area contributed by atoms with Gasteiger partial charge in [0, 0.05) is 50.1 Å². The van der Waals surface area contributed by atoms with Crippen molar-refractivity contribution in [2.24, 2.45) is 17.8 Å². The van der Waals surface area contributed by atoms with Gasteiger partial charge in [0.15, 0.2) is 28.5 Å². The molecule has 0 saturated carbocycles. The van der Waals surface area contributed by atoms with Crippen LogP contribution in [0, 0.1) is 17.8 Å². The number of rotatable bonds is 9. The lowest BCUT2D eigenvalue weighted by Crippen LogP contribution is -2.61. The Bertz CT molecular complexity index is 1390. The monoisotopic (exact) mass is 694 g/mol. The molecule has 2 aliphatic rings. The highest BCUT2D eigenvalue weighted by atomic mass is 32.1. The number of aromatic nitrogens is 5. The summed E-state index contributed by atoms with van der Waals surface area (Å²) in [5, 5.41) is 23.5. The molecule has 268 valence electrons. The normalized spacial score (nSPS) is 35.6. The molecule has 4 N–H and O–H groups in total. The summed E-state index contributed by atoms with van der Waals surface area (Å²) in [6, 6.07) is -0.861. The minimum Gasteiger partial charge on any atom is -0.438 e. The van der Waals surface area contributed by atoms with E-state index in [1.54, 1.807) is 36.7 Å². The summed E-state index contributed by atoms with van der Waals surface area (Å²) in [5.41, 5.74) is 4.28. The van der Waals surface area contributed by atoms with Crippen LogP contribution in [0.15, 0.2) is 6.20 Å². The van der Waals surface area contributed by atoms with Gasteiger partial charge in [-0.25, -0.2) is 4.79 Å². The second kappa shape index (κ2) is 15.9. The van der Waals surface area contributed by atoms with Gasteiger partial charge in [0.25, 0.3) is 0 Å². The molecular weight excluding hydrogens is 642 g/mol. The molecule has 48 heavy (non-hydrogen) atoms. The predicted molar refractivity (Wildman–Crippen MR) is 182 cm³/mol. The van der Waals surface area contributed by atoms with Crippen molar-refractivity contribution >= 4 is 36.4 Å². The topological polar surface area (TPSA) is 180 Å². The number of fused-ring (bicyclic) bond motifs is 1. The molecule has 2 aromatic heterocycles. The number of hydrogen-bond donors (Lipinski definition) is 3. The fourth-order valence-corrected chi connectivity index (χ4v) is 7.75. The van der Waals surface area contributed by atoms with Crippen LogP contribution in [-0.2, 0) is 25.5 Å². The van der Waals surface area contributed by atoms with E-state index in [-0.39, 0.29) is 30.0 Å². The van der Waals surface area contributed by atoms with Gasteiger partial charge < -0.3 is 30.4 Å². The first-order chi connectivity index (χ1) is 22.6. The van der Waals surface area contributed by atoms with Crippen molar-refractivity contribution in [1.29, 1.82) is 0 Å². The van der Waals surface area contributed by atoms with Gasteiger partial charge in [-0.05, 0) is 58.3 Å². The third kappa shape index (κ3) is 8.17. The Kier molecular flexibility index (Phi) is 12.6. The zero-order valence-electron chi connectivity index (χ0n) is 29.4. The molecule has 0 bridgehead atoms. The van der Waals surface area contributed by atoms with E-state index in [1.807, 2.05) is 28.6 Å². The lowest BCUT2D eigenvalue weighted by Gasteiger charge is -2.42. The van der Waals surface area contributed by atoms with Gasteiger partial charge >= 0.3 is 6.09 Å². The highest BCUT2D eigenvalue weighted by Crippen LogP contribution is 2.41. The van der Waals surface area contributed by atoms with Crippen LogP contribution in [0.4, 0.5) is 14.3 Å². The SMILES string of the molecule is B[C@@H]1[C@@H](C)C(=O)[C@@H](C)C(O)O[C@H](CCF)[C@@]2(C)OC(=O)N(CCCCn3cc(-c4nsc(N)n4)nn3)[C@@H]2[C@@H](C)NC[C@H](C)C[C@@]1(C)OC. The molecule has 10 atom stereocenters. The first-order valence-corrected chi connectivity index (χ1v) is 17.6. The van der Waals surface area contributed by atoms with Gasteiger partial charge in [-0.1, -0.05) is 26.0 Å². The minimum absolute atomic E-state index is 0.128. The van der Waals surface area contributed by atoms with Crippen molar-refractivity contribution in [3.63, 3.8) is 0 Å². The number of methoxy groups -OCH3 is 1. The molecule has 2 saturated heterocycles. The number of carbonyl (C=O) groups excluding carboxylic acids is 2. The number of halogens is 1. The van der Waals surface area contributed by atoms with Crippen molar-refractivity contribution in [1.82, 2.24) is 34.6 Å². The predicted octanol–water partition coefficient (Wildman–Crippen LogP) is 2.49. The van der Waals surface area contributed by atoms with Crippen molar-refractivity contribution in [3.05, 3.63) is 6.20 Å². The number of Topliss-reactive ketones (excluding diaryl/α,β-unsaturated/α-hetero) is 1. The summed E-state index contributed by atoms with van der Waals surface area (Å²) in [4.78, 5) is 33.0. The van der Waals surface area contributed by atoms with E-state index < -0.39 is 54.2 Å². The van der Waals surface area contributed by atoms with E-state index in [0.717, 1.165) is 11.5 Å². The van der Waals surface area contributed by atoms with Gasteiger partial charge in [0.1, 0.15) is 19.7 Å². The van der Waals surface area contributed by atoms with Crippen LogP contribution in [0.25, 0.3) is 11.5 Å². The summed E-state index contributed by atoms with van der Waals surface area (Å²) in [5.74, 6) is -1.11. The number of alkyl halides is 1. The largest absolute Gasteiger partial charge is 0.438 e. The smallest absolute Gasteiger partial charge is 0.410 e. The van der Waals surface area contributed by atoms with Crippen LogP contribution in [0.1, 0.15) is 67.2 Å².